The van der Waals surface area contributed by atoms with Crippen LogP contribution in [-0.2, 0) is 9.59 Å². The van der Waals surface area contributed by atoms with Crippen molar-refractivity contribution in [3.05, 3.63) is 0 Å². The van der Waals surface area contributed by atoms with E-state index in [-0.39, 0.29) is 11.0 Å². The molecule has 9 heavy (non-hydrogen) atoms. The van der Waals surface area contributed by atoms with Gasteiger partial charge in [-0.2, -0.15) is 0 Å². The Kier molecular flexibility index (Phi) is 6.69. The van der Waals surface area contributed by atoms with Crippen LogP contribution in [0.5, 0.6) is 0 Å². The van der Waals surface area contributed by atoms with Crippen LogP contribution >= 0.6 is 33.2 Å². The Hall–Kier alpha value is 0.330. The maximum atomic E-state index is 10.0. The molecule has 0 unspecified atom stereocenters. The second kappa shape index (κ2) is 6.45. The quantitative estimate of drug-likeness (QED) is 0.280. The van der Waals surface area contributed by atoms with Crippen LogP contribution in [0.2, 0.25) is 0 Å². The number of carbonyl (C=O) groups is 2. The van der Waals surface area contributed by atoms with Crippen LogP contribution in [-0.4, -0.2) is 23.0 Å². The lowest BCUT2D eigenvalue weighted by molar-refractivity contribution is -0.109. The van der Waals surface area contributed by atoms with Gasteiger partial charge in [0.05, 0.1) is 11.5 Å². The Morgan fingerprint density at radius 3 is 2.67 bits per heavy atom. The number of rotatable bonds is 5. The van der Waals surface area contributed by atoms with Gasteiger partial charge >= 0.3 is 0 Å². The molecule has 0 spiro atoms. The number of hydrogen-bond donors (Lipinski definition) is 0. The van der Waals surface area contributed by atoms with Crippen molar-refractivity contribution < 1.29 is 9.59 Å². The van der Waals surface area contributed by atoms with Gasteiger partial charge in [-0.3, -0.25) is 4.79 Å². The highest BCUT2D eigenvalue weighted by Gasteiger charge is 1.94. The van der Waals surface area contributed by atoms with E-state index in [1.54, 1.807) is 0 Å². The van der Waals surface area contributed by atoms with E-state index in [0.29, 0.717) is 5.75 Å². The molecule has 5 heteroatoms. The molecule has 0 amide bonds. The van der Waals surface area contributed by atoms with E-state index in [1.165, 1.54) is 21.6 Å². The number of hydrogen-bond acceptors (Lipinski definition) is 4. The Morgan fingerprint density at radius 2 is 2.22 bits per heavy atom. The summed E-state index contributed by atoms with van der Waals surface area (Å²) in [5.41, 5.74) is 0. The van der Waals surface area contributed by atoms with Crippen molar-refractivity contribution in [3.63, 3.8) is 0 Å². The predicted octanol–water partition coefficient (Wildman–Crippen LogP) is 1.33. The molecule has 0 aromatic rings. The first kappa shape index (κ1) is 9.33. The third kappa shape index (κ3) is 8.33. The maximum Gasteiger partial charge on any atom is 0.232 e. The molecule has 0 saturated carbocycles. The lowest BCUT2D eigenvalue weighted by Crippen LogP contribution is -1.87. The Morgan fingerprint density at radius 1 is 1.56 bits per heavy atom. The molecule has 0 aliphatic heterocycles. The van der Waals surface area contributed by atoms with Crippen LogP contribution in [0.15, 0.2) is 0 Å². The predicted molar refractivity (Wildman–Crippen MR) is 41.8 cm³/mol. The van der Waals surface area contributed by atoms with E-state index in [0.717, 1.165) is 6.29 Å². The van der Waals surface area contributed by atoms with Crippen molar-refractivity contribution >= 4 is 44.7 Å². The minimum Gasteiger partial charge on any atom is -0.302 e. The van der Waals surface area contributed by atoms with Crippen molar-refractivity contribution in [3.8, 4) is 0 Å². The normalized spacial score (nSPS) is 9.00. The summed E-state index contributed by atoms with van der Waals surface area (Å²) in [5, 5.41) is -0.376. The molecule has 2 nitrogen and oxygen atoms in total. The van der Waals surface area contributed by atoms with Gasteiger partial charge in [0.25, 0.3) is 0 Å². The first-order chi connectivity index (χ1) is 4.27. The van der Waals surface area contributed by atoms with Crippen molar-refractivity contribution in [1.29, 1.82) is 0 Å². The molecule has 0 radical (unpaired) electrons. The van der Waals surface area contributed by atoms with Gasteiger partial charge in [-0.25, -0.2) is 0 Å². The third-order valence-corrected chi connectivity index (χ3v) is 2.76. The molecular formula is C4H5ClO2S2. The first-order valence-corrected chi connectivity index (χ1v) is 5.00. The van der Waals surface area contributed by atoms with Gasteiger partial charge in [0.15, 0.2) is 0 Å². The first-order valence-electron chi connectivity index (χ1n) is 2.13. The summed E-state index contributed by atoms with van der Waals surface area (Å²) in [4.78, 5) is 19.7. The minimum absolute atomic E-state index is 0.264. The lowest BCUT2D eigenvalue weighted by atomic mass is 10.9. The van der Waals surface area contributed by atoms with Crippen molar-refractivity contribution in [2.45, 2.75) is 0 Å². The smallest absolute Gasteiger partial charge is 0.232 e. The molecule has 0 heterocycles. The number of halogens is 1. The van der Waals surface area contributed by atoms with E-state index in [9.17, 15) is 9.59 Å². The standard InChI is InChI=1S/C4H5ClO2S2/c5-4(7)3-9-8-2-1-6/h1H,2-3H2. The molecule has 0 bridgehead atoms. The Balaban J connectivity index is 2.91. The highest BCUT2D eigenvalue weighted by atomic mass is 35.5. The maximum absolute atomic E-state index is 10.0. The topological polar surface area (TPSA) is 34.1 Å². The fourth-order valence-electron chi connectivity index (χ4n) is 0.164. The fourth-order valence-corrected chi connectivity index (χ4v) is 1.88. The molecule has 0 aromatic carbocycles. The van der Waals surface area contributed by atoms with Crippen LogP contribution in [0, 0.1) is 0 Å². The van der Waals surface area contributed by atoms with Crippen LogP contribution in [0.1, 0.15) is 0 Å². The van der Waals surface area contributed by atoms with E-state index in [4.69, 9.17) is 11.6 Å². The zero-order valence-electron chi connectivity index (χ0n) is 4.50. The van der Waals surface area contributed by atoms with Gasteiger partial charge in [-0.05, 0) is 11.6 Å². The average Bonchev–Trinajstić information content (AvgIpc) is 1.80. The lowest BCUT2D eigenvalue weighted by Gasteiger charge is -1.88. The molecule has 0 aromatic heterocycles. The zero-order valence-corrected chi connectivity index (χ0v) is 6.89. The van der Waals surface area contributed by atoms with Gasteiger partial charge in [0, 0.05) is 0 Å². The summed E-state index contributed by atoms with van der Waals surface area (Å²) in [6, 6.07) is 0. The third-order valence-electron chi connectivity index (χ3n) is 0.392. The Labute approximate surface area is 66.1 Å². The van der Waals surface area contributed by atoms with Gasteiger partial charge in [0.2, 0.25) is 5.24 Å². The summed E-state index contributed by atoms with van der Waals surface area (Å²) in [6.07, 6.45) is 0.788. The van der Waals surface area contributed by atoms with E-state index in [1.807, 2.05) is 0 Å². The molecule has 0 aliphatic carbocycles. The van der Waals surface area contributed by atoms with Crippen LogP contribution in [0.3, 0.4) is 0 Å². The van der Waals surface area contributed by atoms with Gasteiger partial charge in [0.1, 0.15) is 6.29 Å². The summed E-state index contributed by atoms with van der Waals surface area (Å²) in [6.45, 7) is 0. The highest BCUT2D eigenvalue weighted by Crippen LogP contribution is 2.19. The van der Waals surface area contributed by atoms with Crippen molar-refractivity contribution in [1.82, 2.24) is 0 Å². The monoisotopic (exact) mass is 184 g/mol. The van der Waals surface area contributed by atoms with Gasteiger partial charge < -0.3 is 4.79 Å². The number of carbonyl (C=O) groups excluding carboxylic acids is 2. The largest absolute Gasteiger partial charge is 0.302 e. The second-order valence-electron chi connectivity index (χ2n) is 1.07. The van der Waals surface area contributed by atoms with Gasteiger partial charge in [-0.1, -0.05) is 21.6 Å². The number of aldehydes is 1. The van der Waals surface area contributed by atoms with Gasteiger partial charge in [-0.15, -0.1) is 0 Å². The van der Waals surface area contributed by atoms with E-state index < -0.39 is 0 Å². The summed E-state index contributed by atoms with van der Waals surface area (Å²) in [7, 11) is 2.61. The molecule has 0 atom stereocenters. The van der Waals surface area contributed by atoms with E-state index >= 15 is 0 Å². The van der Waals surface area contributed by atoms with Crippen molar-refractivity contribution in [2.75, 3.05) is 11.5 Å². The summed E-state index contributed by atoms with van der Waals surface area (Å²) < 4.78 is 0. The second-order valence-corrected chi connectivity index (χ2v) is 4.00. The molecule has 0 aliphatic rings. The summed E-state index contributed by atoms with van der Waals surface area (Å²) in [5.74, 6) is 0.675. The van der Waals surface area contributed by atoms with Crippen LogP contribution in [0.25, 0.3) is 0 Å². The van der Waals surface area contributed by atoms with Crippen molar-refractivity contribution in [2.24, 2.45) is 0 Å². The highest BCUT2D eigenvalue weighted by molar-refractivity contribution is 8.77. The van der Waals surface area contributed by atoms with Crippen LogP contribution < -0.4 is 0 Å². The molecule has 0 fully saturated rings. The molecule has 52 valence electrons. The van der Waals surface area contributed by atoms with E-state index in [2.05, 4.69) is 0 Å². The zero-order chi connectivity index (χ0) is 7.11. The SMILES string of the molecule is O=CCSSCC(=O)Cl. The molecule has 0 rings (SSSR count). The molecule has 0 N–H and O–H groups in total. The Bertz CT molecular complexity index is 107. The molecular weight excluding hydrogens is 180 g/mol. The molecule has 0 saturated heterocycles. The summed E-state index contributed by atoms with van der Waals surface area (Å²) >= 11 is 5.00. The fraction of sp³-hybridized carbons (Fsp3) is 0.500. The van der Waals surface area contributed by atoms with Crippen LogP contribution in [0.4, 0.5) is 0 Å². The average molecular weight is 185 g/mol. The minimum atomic E-state index is -0.376.